The zero-order valence-corrected chi connectivity index (χ0v) is 11.3. The van der Waals surface area contributed by atoms with Crippen molar-refractivity contribution in [3.63, 3.8) is 0 Å². The highest BCUT2D eigenvalue weighted by atomic mass is 19.1. The summed E-state index contributed by atoms with van der Waals surface area (Å²) in [6.07, 6.45) is 0.202. The molecule has 1 aromatic carbocycles. The minimum atomic E-state index is -0.582. The van der Waals surface area contributed by atoms with Crippen molar-refractivity contribution < 1.29 is 13.5 Å². The SMILES string of the molecule is COC(C(N)Cc1cc(F)cc(F)c1)C(C)(C)C. The number of hydrogen-bond acceptors (Lipinski definition) is 2. The molecule has 0 amide bonds. The molecule has 0 aromatic heterocycles. The number of benzene rings is 1. The largest absolute Gasteiger partial charge is 0.379 e. The fraction of sp³-hybridized carbons (Fsp3) is 0.571. The van der Waals surface area contributed by atoms with Gasteiger partial charge in [0.05, 0.1) is 6.10 Å². The Morgan fingerprint density at radius 1 is 1.17 bits per heavy atom. The minimum Gasteiger partial charge on any atom is -0.379 e. The molecule has 0 heterocycles. The molecule has 2 N–H and O–H groups in total. The Morgan fingerprint density at radius 3 is 2.06 bits per heavy atom. The number of ether oxygens (including phenoxy) is 1. The Bertz CT molecular complexity index is 381. The van der Waals surface area contributed by atoms with E-state index in [0.29, 0.717) is 12.0 Å². The first kappa shape index (κ1) is 15.1. The summed E-state index contributed by atoms with van der Waals surface area (Å²) in [6.45, 7) is 6.06. The van der Waals surface area contributed by atoms with Gasteiger partial charge in [0.15, 0.2) is 0 Å². The molecule has 18 heavy (non-hydrogen) atoms. The van der Waals surface area contributed by atoms with Gasteiger partial charge < -0.3 is 10.5 Å². The zero-order chi connectivity index (χ0) is 13.9. The lowest BCUT2D eigenvalue weighted by Gasteiger charge is -2.34. The van der Waals surface area contributed by atoms with Crippen LogP contribution >= 0.6 is 0 Å². The second-order valence-corrected chi connectivity index (χ2v) is 5.67. The number of hydrogen-bond donors (Lipinski definition) is 1. The van der Waals surface area contributed by atoms with Gasteiger partial charge in [0.25, 0.3) is 0 Å². The monoisotopic (exact) mass is 257 g/mol. The summed E-state index contributed by atoms with van der Waals surface area (Å²) in [7, 11) is 1.60. The molecule has 1 aromatic rings. The molecule has 0 spiro atoms. The van der Waals surface area contributed by atoms with E-state index >= 15 is 0 Å². The Labute approximate surface area is 107 Å². The van der Waals surface area contributed by atoms with E-state index in [1.165, 1.54) is 12.1 Å². The van der Waals surface area contributed by atoms with Crippen LogP contribution in [0, 0.1) is 17.0 Å². The number of nitrogens with two attached hydrogens (primary N) is 1. The summed E-state index contributed by atoms with van der Waals surface area (Å²) in [5.74, 6) is -1.16. The van der Waals surface area contributed by atoms with Gasteiger partial charge in [0.1, 0.15) is 11.6 Å². The lowest BCUT2D eigenvalue weighted by molar-refractivity contribution is -0.00167. The molecule has 0 bridgehead atoms. The first-order chi connectivity index (χ1) is 8.24. The maximum absolute atomic E-state index is 13.1. The third-order valence-corrected chi connectivity index (χ3v) is 2.89. The van der Waals surface area contributed by atoms with Crippen molar-refractivity contribution in [1.29, 1.82) is 0 Å². The highest BCUT2D eigenvalue weighted by molar-refractivity contribution is 5.19. The highest BCUT2D eigenvalue weighted by Crippen LogP contribution is 2.25. The van der Waals surface area contributed by atoms with Gasteiger partial charge in [-0.2, -0.15) is 0 Å². The topological polar surface area (TPSA) is 35.2 Å². The van der Waals surface area contributed by atoms with Crippen LogP contribution in [0.2, 0.25) is 0 Å². The highest BCUT2D eigenvalue weighted by Gasteiger charge is 2.30. The molecule has 0 saturated carbocycles. The Hall–Kier alpha value is -1.00. The van der Waals surface area contributed by atoms with Gasteiger partial charge in [-0.25, -0.2) is 8.78 Å². The third-order valence-electron chi connectivity index (χ3n) is 2.89. The molecular formula is C14H21F2NO. The van der Waals surface area contributed by atoms with Crippen LogP contribution in [0.4, 0.5) is 8.78 Å². The van der Waals surface area contributed by atoms with Crippen LogP contribution in [0.25, 0.3) is 0 Å². The van der Waals surface area contributed by atoms with Crippen LogP contribution in [0.3, 0.4) is 0 Å². The van der Waals surface area contributed by atoms with E-state index < -0.39 is 11.6 Å². The summed E-state index contributed by atoms with van der Waals surface area (Å²) < 4.78 is 31.6. The van der Waals surface area contributed by atoms with Crippen molar-refractivity contribution in [3.8, 4) is 0 Å². The molecule has 102 valence electrons. The molecule has 4 heteroatoms. The average molecular weight is 257 g/mol. The van der Waals surface area contributed by atoms with E-state index in [0.717, 1.165) is 6.07 Å². The van der Waals surface area contributed by atoms with Crippen molar-refractivity contribution in [2.45, 2.75) is 39.3 Å². The Balaban J connectivity index is 2.83. The fourth-order valence-corrected chi connectivity index (χ4v) is 2.28. The molecule has 2 unspecified atom stereocenters. The first-order valence-electron chi connectivity index (χ1n) is 5.97. The quantitative estimate of drug-likeness (QED) is 0.900. The van der Waals surface area contributed by atoms with Crippen LogP contribution in [0.5, 0.6) is 0 Å². The molecule has 0 aliphatic carbocycles. The van der Waals surface area contributed by atoms with Crippen molar-refractivity contribution in [3.05, 3.63) is 35.4 Å². The predicted molar refractivity (Wildman–Crippen MR) is 68.3 cm³/mol. The van der Waals surface area contributed by atoms with Gasteiger partial charge in [-0.1, -0.05) is 20.8 Å². The van der Waals surface area contributed by atoms with Crippen molar-refractivity contribution in [2.24, 2.45) is 11.1 Å². The molecule has 1 rings (SSSR count). The van der Waals surface area contributed by atoms with E-state index in [1.54, 1.807) is 7.11 Å². The standard InChI is InChI=1S/C14H21F2NO/c1-14(2,3)13(18-4)12(17)7-9-5-10(15)8-11(16)6-9/h5-6,8,12-13H,7,17H2,1-4H3. The summed E-state index contributed by atoms with van der Waals surface area (Å²) in [4.78, 5) is 0. The maximum atomic E-state index is 13.1. The first-order valence-corrected chi connectivity index (χ1v) is 5.97. The summed E-state index contributed by atoms with van der Waals surface area (Å²) >= 11 is 0. The predicted octanol–water partition coefficient (Wildman–Crippen LogP) is 2.90. The molecule has 2 atom stereocenters. The zero-order valence-electron chi connectivity index (χ0n) is 11.3. The molecule has 0 aliphatic heterocycles. The van der Waals surface area contributed by atoms with Gasteiger partial charge in [0.2, 0.25) is 0 Å². The number of methoxy groups -OCH3 is 1. The number of rotatable bonds is 4. The van der Waals surface area contributed by atoms with Crippen LogP contribution in [0.1, 0.15) is 26.3 Å². The van der Waals surface area contributed by atoms with E-state index in [4.69, 9.17) is 10.5 Å². The Morgan fingerprint density at radius 2 is 1.67 bits per heavy atom. The van der Waals surface area contributed by atoms with Gasteiger partial charge >= 0.3 is 0 Å². The normalized spacial score (nSPS) is 15.5. The van der Waals surface area contributed by atoms with E-state index in [-0.39, 0.29) is 17.6 Å². The minimum absolute atomic E-state index is 0.125. The van der Waals surface area contributed by atoms with E-state index in [1.807, 2.05) is 20.8 Å². The molecule has 0 fully saturated rings. The number of halogens is 2. The van der Waals surface area contributed by atoms with Gasteiger partial charge in [-0.05, 0) is 29.5 Å². The third kappa shape index (κ3) is 4.03. The van der Waals surface area contributed by atoms with Crippen LogP contribution < -0.4 is 5.73 Å². The molecule has 2 nitrogen and oxygen atoms in total. The van der Waals surface area contributed by atoms with Gasteiger partial charge in [-0.3, -0.25) is 0 Å². The molecular weight excluding hydrogens is 236 g/mol. The second kappa shape index (κ2) is 5.76. The van der Waals surface area contributed by atoms with Gasteiger partial charge in [-0.15, -0.1) is 0 Å². The van der Waals surface area contributed by atoms with E-state index in [2.05, 4.69) is 0 Å². The van der Waals surface area contributed by atoms with Crippen molar-refractivity contribution in [1.82, 2.24) is 0 Å². The summed E-state index contributed by atoms with van der Waals surface area (Å²) in [5.41, 5.74) is 6.50. The maximum Gasteiger partial charge on any atom is 0.126 e. The van der Waals surface area contributed by atoms with Gasteiger partial charge in [0, 0.05) is 19.2 Å². The molecule has 0 aliphatic rings. The molecule has 0 radical (unpaired) electrons. The van der Waals surface area contributed by atoms with Crippen LogP contribution in [-0.2, 0) is 11.2 Å². The smallest absolute Gasteiger partial charge is 0.126 e. The van der Waals surface area contributed by atoms with Crippen LogP contribution in [-0.4, -0.2) is 19.3 Å². The Kier molecular flexibility index (Phi) is 4.82. The van der Waals surface area contributed by atoms with E-state index in [9.17, 15) is 8.78 Å². The lowest BCUT2D eigenvalue weighted by atomic mass is 9.83. The van der Waals surface area contributed by atoms with Crippen molar-refractivity contribution in [2.75, 3.05) is 7.11 Å². The molecule has 0 saturated heterocycles. The fourth-order valence-electron chi connectivity index (χ4n) is 2.28. The van der Waals surface area contributed by atoms with Crippen molar-refractivity contribution >= 4 is 0 Å². The summed E-state index contributed by atoms with van der Waals surface area (Å²) in [5, 5.41) is 0. The lowest BCUT2D eigenvalue weighted by Crippen LogP contribution is -2.46. The second-order valence-electron chi connectivity index (χ2n) is 5.67. The summed E-state index contributed by atoms with van der Waals surface area (Å²) in [6, 6.07) is 3.15. The average Bonchev–Trinajstić information content (AvgIpc) is 2.13. The van der Waals surface area contributed by atoms with Crippen LogP contribution in [0.15, 0.2) is 18.2 Å².